The number of fused-ring (bicyclic) bond motifs is 1. The Hall–Kier alpha value is -2.63. The molecule has 0 radical (unpaired) electrons. The van der Waals surface area contributed by atoms with E-state index in [0.717, 1.165) is 48.7 Å². The molecular weight excluding hydrogens is 356 g/mol. The van der Waals surface area contributed by atoms with Crippen molar-refractivity contribution in [3.8, 4) is 5.75 Å². The van der Waals surface area contributed by atoms with Crippen molar-refractivity contribution in [2.45, 2.75) is 56.9 Å². The van der Waals surface area contributed by atoms with E-state index in [0.29, 0.717) is 30.2 Å². The number of carboxylic acids is 1. The summed E-state index contributed by atoms with van der Waals surface area (Å²) < 4.78 is 5.36. The Balaban J connectivity index is 1.72. The molecule has 0 bridgehead atoms. The summed E-state index contributed by atoms with van der Waals surface area (Å²) in [7, 11) is 1.61. The molecule has 4 rings (SSSR count). The van der Waals surface area contributed by atoms with Gasteiger partial charge in [-0.05, 0) is 62.8 Å². The zero-order valence-electron chi connectivity index (χ0n) is 16.2. The number of hydrogen-bond acceptors (Lipinski definition) is 4. The molecule has 1 aromatic heterocycles. The van der Waals surface area contributed by atoms with Gasteiger partial charge >= 0.3 is 5.97 Å². The van der Waals surface area contributed by atoms with Gasteiger partial charge in [0.05, 0.1) is 18.2 Å². The molecule has 1 aliphatic carbocycles. The molecule has 6 nitrogen and oxygen atoms in total. The minimum atomic E-state index is -0.812. The van der Waals surface area contributed by atoms with Crippen LogP contribution in [0.1, 0.15) is 66.9 Å². The Morgan fingerprint density at radius 3 is 2.75 bits per heavy atom. The van der Waals surface area contributed by atoms with Gasteiger partial charge in [0.25, 0.3) is 5.91 Å². The Labute approximate surface area is 164 Å². The quantitative estimate of drug-likeness (QED) is 0.817. The number of piperidine rings is 1. The Morgan fingerprint density at radius 1 is 1.21 bits per heavy atom. The number of nitrogens with zero attached hydrogens (tertiary/aromatic N) is 2. The van der Waals surface area contributed by atoms with Gasteiger partial charge in [-0.1, -0.05) is 0 Å². The topological polar surface area (TPSA) is 79.7 Å². The number of carbonyl (C=O) groups excluding carboxylic acids is 1. The summed E-state index contributed by atoms with van der Waals surface area (Å²) >= 11 is 0. The summed E-state index contributed by atoms with van der Waals surface area (Å²) in [6.45, 7) is 0.676. The number of likely N-dealkylation sites (tertiary alicyclic amines) is 1. The second-order valence-corrected chi connectivity index (χ2v) is 7.83. The average Bonchev–Trinajstić information content (AvgIpc) is 3.56. The molecule has 1 N–H and O–H groups in total. The van der Waals surface area contributed by atoms with Gasteiger partial charge < -0.3 is 14.7 Å². The van der Waals surface area contributed by atoms with Crippen molar-refractivity contribution in [3.63, 3.8) is 0 Å². The second kappa shape index (κ2) is 7.78. The number of aliphatic carboxylic acids is 1. The lowest BCUT2D eigenvalue weighted by Gasteiger charge is -2.36. The average molecular weight is 382 g/mol. The normalized spacial score (nSPS) is 19.6. The molecule has 1 amide bonds. The largest absolute Gasteiger partial charge is 0.497 e. The van der Waals surface area contributed by atoms with E-state index in [1.54, 1.807) is 7.11 Å². The number of ether oxygens (including phenoxy) is 1. The van der Waals surface area contributed by atoms with Crippen molar-refractivity contribution in [1.82, 2.24) is 9.88 Å². The first-order valence-corrected chi connectivity index (χ1v) is 10.1. The first-order valence-electron chi connectivity index (χ1n) is 10.1. The Morgan fingerprint density at radius 2 is 2.04 bits per heavy atom. The molecule has 148 valence electrons. The Bertz CT molecular complexity index is 907. The van der Waals surface area contributed by atoms with Gasteiger partial charge in [-0.3, -0.25) is 14.6 Å². The predicted octanol–water partition coefficient (Wildman–Crippen LogP) is 3.98. The molecule has 28 heavy (non-hydrogen) atoms. The van der Waals surface area contributed by atoms with Crippen molar-refractivity contribution in [3.05, 3.63) is 35.5 Å². The third-order valence-electron chi connectivity index (χ3n) is 5.84. The van der Waals surface area contributed by atoms with Gasteiger partial charge in [0.2, 0.25) is 0 Å². The number of methoxy groups -OCH3 is 1. The third kappa shape index (κ3) is 3.81. The number of hydrogen-bond donors (Lipinski definition) is 1. The minimum Gasteiger partial charge on any atom is -0.497 e. The summed E-state index contributed by atoms with van der Waals surface area (Å²) in [5.41, 5.74) is 2.46. The Kier molecular flexibility index (Phi) is 5.20. The van der Waals surface area contributed by atoms with Gasteiger partial charge in [0.15, 0.2) is 0 Å². The molecule has 6 heteroatoms. The van der Waals surface area contributed by atoms with E-state index < -0.39 is 5.97 Å². The number of amides is 1. The van der Waals surface area contributed by atoms with Crippen LogP contribution in [-0.4, -0.2) is 46.6 Å². The molecule has 2 aromatic rings. The van der Waals surface area contributed by atoms with E-state index in [1.165, 1.54) is 0 Å². The van der Waals surface area contributed by atoms with Gasteiger partial charge in [0, 0.05) is 36.0 Å². The molecule has 2 aliphatic rings. The highest BCUT2D eigenvalue weighted by atomic mass is 16.5. The minimum absolute atomic E-state index is 0.0161. The molecule has 0 spiro atoms. The van der Waals surface area contributed by atoms with Gasteiger partial charge in [0.1, 0.15) is 5.75 Å². The van der Waals surface area contributed by atoms with Crippen molar-refractivity contribution < 1.29 is 19.4 Å². The third-order valence-corrected chi connectivity index (χ3v) is 5.84. The number of benzene rings is 1. The van der Waals surface area contributed by atoms with Crippen LogP contribution in [0.5, 0.6) is 5.75 Å². The van der Waals surface area contributed by atoms with Crippen molar-refractivity contribution in [1.29, 1.82) is 0 Å². The fourth-order valence-corrected chi connectivity index (χ4v) is 4.13. The fourth-order valence-electron chi connectivity index (χ4n) is 4.13. The first kappa shape index (κ1) is 18.7. The van der Waals surface area contributed by atoms with Crippen LogP contribution in [0.3, 0.4) is 0 Å². The van der Waals surface area contributed by atoms with Crippen LogP contribution in [0.2, 0.25) is 0 Å². The number of carbonyl (C=O) groups is 2. The zero-order chi connectivity index (χ0) is 19.7. The number of pyridine rings is 1. The van der Waals surface area contributed by atoms with Crippen LogP contribution in [0.4, 0.5) is 0 Å². The van der Waals surface area contributed by atoms with Gasteiger partial charge in [-0.2, -0.15) is 0 Å². The van der Waals surface area contributed by atoms with Gasteiger partial charge in [-0.25, -0.2) is 0 Å². The lowest BCUT2D eigenvalue weighted by Crippen LogP contribution is -2.44. The molecule has 1 aromatic carbocycles. The van der Waals surface area contributed by atoms with E-state index in [4.69, 9.17) is 14.8 Å². The van der Waals surface area contributed by atoms with Crippen LogP contribution in [0.15, 0.2) is 24.3 Å². The highest BCUT2D eigenvalue weighted by Crippen LogP contribution is 2.41. The predicted molar refractivity (Wildman–Crippen MR) is 106 cm³/mol. The summed E-state index contributed by atoms with van der Waals surface area (Å²) in [4.78, 5) is 31.3. The highest BCUT2D eigenvalue weighted by molar-refractivity contribution is 6.06. The smallest absolute Gasteiger partial charge is 0.303 e. The molecule has 1 aliphatic heterocycles. The van der Waals surface area contributed by atoms with E-state index in [-0.39, 0.29) is 18.4 Å². The van der Waals surface area contributed by atoms with E-state index in [9.17, 15) is 9.59 Å². The van der Waals surface area contributed by atoms with E-state index >= 15 is 0 Å². The van der Waals surface area contributed by atoms with Crippen molar-refractivity contribution in [2.75, 3.05) is 13.7 Å². The summed E-state index contributed by atoms with van der Waals surface area (Å²) in [5.74, 6) is 0.316. The van der Waals surface area contributed by atoms with E-state index in [1.807, 2.05) is 29.2 Å². The monoisotopic (exact) mass is 382 g/mol. The zero-order valence-corrected chi connectivity index (χ0v) is 16.2. The molecular formula is C22H26N2O4. The summed E-state index contributed by atoms with van der Waals surface area (Å²) in [6, 6.07) is 7.59. The van der Waals surface area contributed by atoms with Crippen LogP contribution >= 0.6 is 0 Å². The second-order valence-electron chi connectivity index (χ2n) is 7.83. The summed E-state index contributed by atoms with van der Waals surface area (Å²) in [5, 5.41) is 9.87. The van der Waals surface area contributed by atoms with Crippen LogP contribution < -0.4 is 4.74 Å². The number of carboxylic acid groups (broad SMARTS) is 1. The maximum atomic E-state index is 13.6. The highest BCUT2D eigenvalue weighted by Gasteiger charge is 2.31. The first-order chi connectivity index (χ1) is 13.6. The SMILES string of the molecule is COc1ccc2nc(C3CC3)cc(C(=O)N3CCCCC3CCC(=O)O)c2c1. The lowest BCUT2D eigenvalue weighted by atomic mass is 9.96. The number of aromatic nitrogens is 1. The van der Waals surface area contributed by atoms with Crippen molar-refractivity contribution in [2.24, 2.45) is 0 Å². The molecule has 1 unspecified atom stereocenters. The summed E-state index contributed by atoms with van der Waals surface area (Å²) in [6.07, 6.45) is 5.68. The number of rotatable bonds is 6. The lowest BCUT2D eigenvalue weighted by molar-refractivity contribution is -0.137. The standard InChI is InChI=1S/C22H26N2O4/c1-28-16-8-9-19-17(12-16)18(13-20(23-19)14-5-6-14)22(27)24-11-3-2-4-15(24)7-10-21(25)26/h8-9,12-15H,2-7,10-11H2,1H3,(H,25,26). The maximum absolute atomic E-state index is 13.6. The maximum Gasteiger partial charge on any atom is 0.303 e. The van der Waals surface area contributed by atoms with E-state index in [2.05, 4.69) is 0 Å². The molecule has 2 heterocycles. The molecule has 1 saturated carbocycles. The van der Waals surface area contributed by atoms with Crippen molar-refractivity contribution >= 4 is 22.8 Å². The molecule has 1 atom stereocenters. The molecule has 2 fully saturated rings. The molecule has 1 saturated heterocycles. The van der Waals surface area contributed by atoms with Crippen LogP contribution in [-0.2, 0) is 4.79 Å². The fraction of sp³-hybridized carbons (Fsp3) is 0.500. The van der Waals surface area contributed by atoms with Crippen LogP contribution in [0.25, 0.3) is 10.9 Å². The van der Waals surface area contributed by atoms with Gasteiger partial charge in [-0.15, -0.1) is 0 Å². The van der Waals surface area contributed by atoms with Crippen LogP contribution in [0, 0.1) is 0 Å².